The molecule has 7 heteroatoms. The fraction of sp³-hybridized carbons (Fsp3) is 0.158. The lowest BCUT2D eigenvalue weighted by molar-refractivity contribution is 0.745. The molecule has 0 radical (unpaired) electrons. The first-order valence-corrected chi connectivity index (χ1v) is 8.53. The second-order valence-electron chi connectivity index (χ2n) is 6.29. The van der Waals surface area contributed by atoms with Crippen LogP contribution in [0.2, 0.25) is 5.02 Å². The third kappa shape index (κ3) is 2.88. The molecule has 2 aromatic carbocycles. The minimum atomic E-state index is -0.245. The van der Waals surface area contributed by atoms with Crippen molar-refractivity contribution in [2.24, 2.45) is 0 Å². The average molecular weight is 366 g/mol. The van der Waals surface area contributed by atoms with E-state index in [9.17, 15) is 4.79 Å². The highest BCUT2D eigenvalue weighted by Crippen LogP contribution is 2.17. The Balaban J connectivity index is 1.81. The molecule has 130 valence electrons. The van der Waals surface area contributed by atoms with Crippen LogP contribution in [-0.2, 0) is 6.54 Å². The maximum absolute atomic E-state index is 12.8. The van der Waals surface area contributed by atoms with Gasteiger partial charge < -0.3 is 0 Å². The topological polar surface area (TPSA) is 65.6 Å². The minimum absolute atomic E-state index is 0.235. The summed E-state index contributed by atoms with van der Waals surface area (Å²) in [6.07, 6.45) is 1.51. The Labute approximate surface area is 154 Å². The average Bonchev–Trinajstić information content (AvgIpc) is 3.03. The van der Waals surface area contributed by atoms with Gasteiger partial charge in [0, 0.05) is 5.02 Å². The second-order valence-corrected chi connectivity index (χ2v) is 6.70. The zero-order chi connectivity index (χ0) is 18.3. The molecule has 0 saturated heterocycles. The number of hydrogen-bond acceptors (Lipinski definition) is 4. The predicted molar refractivity (Wildman–Crippen MR) is 101 cm³/mol. The summed E-state index contributed by atoms with van der Waals surface area (Å²) in [6, 6.07) is 13.5. The summed E-state index contributed by atoms with van der Waals surface area (Å²) in [7, 11) is 0. The van der Waals surface area contributed by atoms with Crippen molar-refractivity contribution in [2.75, 3.05) is 0 Å². The first kappa shape index (κ1) is 16.5. The Morgan fingerprint density at radius 1 is 1.08 bits per heavy atom. The summed E-state index contributed by atoms with van der Waals surface area (Å²) in [6.45, 7) is 4.36. The van der Waals surface area contributed by atoms with Gasteiger partial charge in [0.2, 0.25) is 0 Å². The van der Waals surface area contributed by atoms with Gasteiger partial charge in [-0.1, -0.05) is 41.1 Å². The van der Waals surface area contributed by atoms with Gasteiger partial charge in [0.05, 0.1) is 12.2 Å². The van der Waals surface area contributed by atoms with E-state index in [1.54, 1.807) is 10.7 Å². The normalized spacial score (nSPS) is 11.2. The first-order chi connectivity index (χ1) is 12.5. The van der Waals surface area contributed by atoms with E-state index in [1.165, 1.54) is 10.9 Å². The van der Waals surface area contributed by atoms with Crippen molar-refractivity contribution in [3.63, 3.8) is 0 Å². The summed E-state index contributed by atoms with van der Waals surface area (Å²) >= 11 is 6.19. The van der Waals surface area contributed by atoms with E-state index in [0.29, 0.717) is 17.2 Å². The standard InChI is InChI=1S/C19H16ClN5O/c1-12-7-13(2)9-15(8-12)25-18-17(22-23-25)19(26)24(11-21-18)10-14-5-3-4-6-16(14)20/h3-9,11H,10H2,1-2H3. The van der Waals surface area contributed by atoms with Gasteiger partial charge in [0.1, 0.15) is 6.33 Å². The molecule has 0 unspecified atom stereocenters. The third-order valence-electron chi connectivity index (χ3n) is 4.18. The highest BCUT2D eigenvalue weighted by Gasteiger charge is 2.14. The summed E-state index contributed by atoms with van der Waals surface area (Å²) in [5.41, 5.74) is 4.32. The highest BCUT2D eigenvalue weighted by molar-refractivity contribution is 6.31. The van der Waals surface area contributed by atoms with Crippen LogP contribution in [0.15, 0.2) is 53.6 Å². The molecule has 0 fully saturated rings. The first-order valence-electron chi connectivity index (χ1n) is 8.16. The molecular weight excluding hydrogens is 350 g/mol. The van der Waals surface area contributed by atoms with E-state index in [2.05, 4.69) is 21.4 Å². The van der Waals surface area contributed by atoms with E-state index in [4.69, 9.17) is 11.6 Å². The van der Waals surface area contributed by atoms with Gasteiger partial charge in [0.15, 0.2) is 11.2 Å². The fourth-order valence-electron chi connectivity index (χ4n) is 3.01. The molecule has 0 bridgehead atoms. The van der Waals surface area contributed by atoms with Crippen molar-refractivity contribution in [3.05, 3.63) is 80.9 Å². The Kier molecular flexibility index (Phi) is 4.05. The van der Waals surface area contributed by atoms with Crippen LogP contribution < -0.4 is 5.56 Å². The molecule has 2 heterocycles. The molecule has 0 aliphatic rings. The van der Waals surface area contributed by atoms with Crippen molar-refractivity contribution >= 4 is 22.8 Å². The molecule has 0 aliphatic heterocycles. The fourth-order valence-corrected chi connectivity index (χ4v) is 3.21. The molecule has 26 heavy (non-hydrogen) atoms. The number of hydrogen-bond donors (Lipinski definition) is 0. The molecule has 0 N–H and O–H groups in total. The van der Waals surface area contributed by atoms with Gasteiger partial charge in [-0.3, -0.25) is 9.36 Å². The summed E-state index contributed by atoms with van der Waals surface area (Å²) in [5.74, 6) is 0. The number of aromatic nitrogens is 5. The van der Waals surface area contributed by atoms with Crippen LogP contribution in [-0.4, -0.2) is 24.5 Å². The van der Waals surface area contributed by atoms with E-state index in [-0.39, 0.29) is 11.1 Å². The zero-order valence-electron chi connectivity index (χ0n) is 14.3. The van der Waals surface area contributed by atoms with Crippen LogP contribution in [0, 0.1) is 13.8 Å². The minimum Gasteiger partial charge on any atom is -0.293 e. The van der Waals surface area contributed by atoms with E-state index >= 15 is 0 Å². The summed E-state index contributed by atoms with van der Waals surface area (Å²) in [5, 5.41) is 8.81. The highest BCUT2D eigenvalue weighted by atomic mass is 35.5. The number of fused-ring (bicyclic) bond motifs is 1. The Morgan fingerprint density at radius 3 is 2.54 bits per heavy atom. The zero-order valence-corrected chi connectivity index (χ0v) is 15.1. The molecular formula is C19H16ClN5O. The van der Waals surface area contributed by atoms with Crippen molar-refractivity contribution in [2.45, 2.75) is 20.4 Å². The molecule has 0 aliphatic carbocycles. The van der Waals surface area contributed by atoms with Crippen molar-refractivity contribution in [1.82, 2.24) is 24.5 Å². The molecule has 4 aromatic rings. The summed E-state index contributed by atoms with van der Waals surface area (Å²) in [4.78, 5) is 17.2. The molecule has 2 aromatic heterocycles. The van der Waals surface area contributed by atoms with Crippen LogP contribution in [0.25, 0.3) is 16.9 Å². The maximum atomic E-state index is 12.8. The van der Waals surface area contributed by atoms with Crippen LogP contribution in [0.1, 0.15) is 16.7 Å². The molecule has 0 atom stereocenters. The van der Waals surface area contributed by atoms with Gasteiger partial charge in [-0.25, -0.2) is 4.98 Å². The van der Waals surface area contributed by atoms with Crippen LogP contribution in [0.3, 0.4) is 0 Å². The predicted octanol–water partition coefficient (Wildman–Crippen LogP) is 3.30. The lowest BCUT2D eigenvalue weighted by atomic mass is 10.1. The third-order valence-corrected chi connectivity index (χ3v) is 4.55. The molecule has 6 nitrogen and oxygen atoms in total. The monoisotopic (exact) mass is 365 g/mol. The smallest absolute Gasteiger partial charge is 0.283 e. The number of benzene rings is 2. The largest absolute Gasteiger partial charge is 0.293 e. The molecule has 0 saturated carbocycles. The molecule has 0 spiro atoms. The maximum Gasteiger partial charge on any atom is 0.283 e. The molecule has 4 rings (SSSR count). The number of rotatable bonds is 3. The number of nitrogens with zero attached hydrogens (tertiary/aromatic N) is 5. The van der Waals surface area contributed by atoms with E-state index in [1.807, 2.05) is 44.2 Å². The lowest BCUT2D eigenvalue weighted by Crippen LogP contribution is -2.21. The van der Waals surface area contributed by atoms with Crippen molar-refractivity contribution < 1.29 is 0 Å². The summed E-state index contributed by atoms with van der Waals surface area (Å²) < 4.78 is 3.08. The quantitative estimate of drug-likeness (QED) is 0.558. The van der Waals surface area contributed by atoms with Gasteiger partial charge in [-0.15, -0.1) is 5.10 Å². The Hall–Kier alpha value is -2.99. The Bertz CT molecular complexity index is 1160. The van der Waals surface area contributed by atoms with Gasteiger partial charge in [0.25, 0.3) is 5.56 Å². The van der Waals surface area contributed by atoms with Crippen LogP contribution in [0.5, 0.6) is 0 Å². The van der Waals surface area contributed by atoms with Crippen LogP contribution >= 0.6 is 11.6 Å². The van der Waals surface area contributed by atoms with Gasteiger partial charge >= 0.3 is 0 Å². The van der Waals surface area contributed by atoms with Crippen molar-refractivity contribution in [3.8, 4) is 5.69 Å². The number of halogens is 1. The lowest BCUT2D eigenvalue weighted by Gasteiger charge is -2.08. The molecule has 0 amide bonds. The number of aryl methyl sites for hydroxylation is 2. The van der Waals surface area contributed by atoms with Crippen LogP contribution in [0.4, 0.5) is 0 Å². The van der Waals surface area contributed by atoms with Crippen molar-refractivity contribution in [1.29, 1.82) is 0 Å². The second kappa shape index (κ2) is 6.38. The van der Waals surface area contributed by atoms with Gasteiger partial charge in [-0.05, 0) is 48.7 Å². The van der Waals surface area contributed by atoms with Gasteiger partial charge in [-0.2, -0.15) is 4.68 Å². The van der Waals surface area contributed by atoms with E-state index < -0.39 is 0 Å². The Morgan fingerprint density at radius 2 is 1.81 bits per heavy atom. The van der Waals surface area contributed by atoms with E-state index in [0.717, 1.165) is 22.4 Å². The SMILES string of the molecule is Cc1cc(C)cc(-n2nnc3c(=O)n(Cc4ccccc4Cl)cnc32)c1.